The summed E-state index contributed by atoms with van der Waals surface area (Å²) in [5.74, 6) is 2.24. The molecule has 0 aliphatic heterocycles. The lowest BCUT2D eigenvalue weighted by atomic mass is 10.1. The van der Waals surface area contributed by atoms with Crippen molar-refractivity contribution in [2.24, 2.45) is 0 Å². The van der Waals surface area contributed by atoms with Crippen LogP contribution >= 0.6 is 0 Å². The maximum Gasteiger partial charge on any atom is 0.255 e. The van der Waals surface area contributed by atoms with E-state index in [1.54, 1.807) is 30.8 Å². The number of nitrogens with one attached hydrogen (secondary N) is 3. The highest BCUT2D eigenvalue weighted by Crippen LogP contribution is 2.33. The lowest BCUT2D eigenvalue weighted by Gasteiger charge is -2.13. The number of hydrogen-bond acceptors (Lipinski definition) is 6. The van der Waals surface area contributed by atoms with Crippen LogP contribution in [0.25, 0.3) is 5.52 Å². The van der Waals surface area contributed by atoms with Crippen LogP contribution in [0.4, 0.5) is 17.1 Å². The Hall–Kier alpha value is -5.31. The van der Waals surface area contributed by atoms with Gasteiger partial charge in [0.1, 0.15) is 11.5 Å². The lowest BCUT2D eigenvalue weighted by molar-refractivity contribution is -0.109. The summed E-state index contributed by atoms with van der Waals surface area (Å²) in [6.45, 7) is 7.99. The Bertz CT molecular complexity index is 1600. The van der Waals surface area contributed by atoms with E-state index in [1.165, 1.54) is 0 Å². The molecule has 3 N–H and O–H groups in total. The quantitative estimate of drug-likeness (QED) is 0.192. The Labute approximate surface area is 252 Å². The Kier molecular flexibility index (Phi) is 12.1. The number of ether oxygens (including phenoxy) is 2. The van der Waals surface area contributed by atoms with E-state index in [2.05, 4.69) is 21.0 Å². The molecular formula is C34H39N5O4. The average molecular weight is 582 g/mol. The first-order chi connectivity index (χ1) is 20.9. The summed E-state index contributed by atoms with van der Waals surface area (Å²) < 4.78 is 13.1. The molecule has 2 aromatic heterocycles. The first-order valence-electron chi connectivity index (χ1n) is 14.0. The summed E-state index contributed by atoms with van der Waals surface area (Å²) in [5.41, 5.74) is 5.98. The fourth-order valence-electron chi connectivity index (χ4n) is 4.15. The van der Waals surface area contributed by atoms with Crippen molar-refractivity contribution in [3.8, 4) is 5.75 Å². The highest BCUT2D eigenvalue weighted by atomic mass is 16.5. The number of carbonyl (C=O) groups excluding carboxylic acids is 2. The number of carbonyl (C=O) groups is 2. The molecule has 9 heteroatoms. The zero-order valence-electron chi connectivity index (χ0n) is 25.5. The molecule has 0 unspecified atom stereocenters. The van der Waals surface area contributed by atoms with Gasteiger partial charge in [0, 0.05) is 30.3 Å². The lowest BCUT2D eigenvalue weighted by Crippen LogP contribution is -2.11. The number of benzene rings is 2. The van der Waals surface area contributed by atoms with Gasteiger partial charge in [-0.1, -0.05) is 38.1 Å². The van der Waals surface area contributed by atoms with Crippen molar-refractivity contribution in [2.75, 3.05) is 24.8 Å². The predicted molar refractivity (Wildman–Crippen MR) is 173 cm³/mol. The average Bonchev–Trinajstić information content (AvgIpc) is 3.20. The van der Waals surface area contributed by atoms with Crippen molar-refractivity contribution >= 4 is 34.9 Å². The fourth-order valence-corrected chi connectivity index (χ4v) is 4.15. The molecule has 4 aromatic rings. The third kappa shape index (κ3) is 8.59. The minimum atomic E-state index is -0.158. The molecule has 5 rings (SSSR count). The van der Waals surface area contributed by atoms with Crippen LogP contribution in [-0.2, 0) is 9.53 Å². The zero-order valence-corrected chi connectivity index (χ0v) is 25.5. The minimum Gasteiger partial charge on any atom is -0.501 e. The smallest absolute Gasteiger partial charge is 0.255 e. The summed E-state index contributed by atoms with van der Waals surface area (Å²) in [7, 11) is 3.23. The second-order valence-corrected chi connectivity index (χ2v) is 9.15. The van der Waals surface area contributed by atoms with Crippen molar-refractivity contribution in [3.63, 3.8) is 0 Å². The third-order valence-electron chi connectivity index (χ3n) is 6.32. The summed E-state index contributed by atoms with van der Waals surface area (Å²) in [4.78, 5) is 21.8. The van der Waals surface area contributed by atoms with Gasteiger partial charge in [-0.05, 0) is 74.0 Å². The van der Waals surface area contributed by atoms with E-state index >= 15 is 0 Å². The second-order valence-electron chi connectivity index (χ2n) is 9.15. The van der Waals surface area contributed by atoms with Crippen molar-refractivity contribution in [1.82, 2.24) is 14.9 Å². The molecule has 0 bridgehead atoms. The molecular weight excluding hydrogens is 542 g/mol. The molecule has 0 radical (unpaired) electrons. The largest absolute Gasteiger partial charge is 0.501 e. The van der Waals surface area contributed by atoms with Gasteiger partial charge in [-0.2, -0.15) is 5.10 Å². The van der Waals surface area contributed by atoms with Gasteiger partial charge in [0.05, 0.1) is 42.2 Å². The molecule has 2 heterocycles. The zero-order chi connectivity index (χ0) is 31.2. The van der Waals surface area contributed by atoms with Crippen LogP contribution in [0.3, 0.4) is 0 Å². The van der Waals surface area contributed by atoms with E-state index in [0.717, 1.165) is 51.0 Å². The summed E-state index contributed by atoms with van der Waals surface area (Å²) in [5, 5.41) is 13.3. The number of allylic oxidation sites excluding steroid dienone is 4. The summed E-state index contributed by atoms with van der Waals surface area (Å²) in [6.07, 6.45) is 12.7. The van der Waals surface area contributed by atoms with E-state index in [-0.39, 0.29) is 5.91 Å². The number of rotatable bonds is 8. The Balaban J connectivity index is 0.000000780. The van der Waals surface area contributed by atoms with Crippen molar-refractivity contribution in [2.45, 2.75) is 34.1 Å². The van der Waals surface area contributed by atoms with Gasteiger partial charge in [-0.3, -0.25) is 9.59 Å². The first-order valence-corrected chi connectivity index (χ1v) is 14.0. The number of aromatic nitrogens is 2. The molecule has 0 atom stereocenters. The fraction of sp³-hybridized carbons (Fsp3) is 0.206. The number of amides is 2. The van der Waals surface area contributed by atoms with Gasteiger partial charge >= 0.3 is 0 Å². The Morgan fingerprint density at radius 1 is 1.05 bits per heavy atom. The number of hydrogen-bond donors (Lipinski definition) is 3. The first kappa shape index (κ1) is 32.2. The van der Waals surface area contributed by atoms with Crippen molar-refractivity contribution in [3.05, 3.63) is 120 Å². The van der Waals surface area contributed by atoms with Gasteiger partial charge in [-0.15, -0.1) is 0 Å². The van der Waals surface area contributed by atoms with Crippen molar-refractivity contribution < 1.29 is 19.1 Å². The molecule has 0 spiro atoms. The van der Waals surface area contributed by atoms with Crippen molar-refractivity contribution in [1.29, 1.82) is 0 Å². The molecule has 0 fully saturated rings. The Morgan fingerprint density at radius 2 is 1.74 bits per heavy atom. The van der Waals surface area contributed by atoms with E-state index in [4.69, 9.17) is 14.3 Å². The highest BCUT2D eigenvalue weighted by molar-refractivity contribution is 6.05. The van der Waals surface area contributed by atoms with Gasteiger partial charge in [0.15, 0.2) is 0 Å². The maximum atomic E-state index is 12.7. The van der Waals surface area contributed by atoms with E-state index in [0.29, 0.717) is 18.4 Å². The second kappa shape index (κ2) is 16.2. The molecule has 0 saturated carbocycles. The van der Waals surface area contributed by atoms with E-state index < -0.39 is 0 Å². The van der Waals surface area contributed by atoms with Crippen LogP contribution < -0.4 is 20.7 Å². The normalized spacial score (nSPS) is 11.8. The third-order valence-corrected chi connectivity index (χ3v) is 6.32. The summed E-state index contributed by atoms with van der Waals surface area (Å²) >= 11 is 0. The van der Waals surface area contributed by atoms with Crippen LogP contribution in [0.2, 0.25) is 0 Å². The minimum absolute atomic E-state index is 0.158. The monoisotopic (exact) mass is 581 g/mol. The standard InChI is InChI=1S/C30H28N4O3.C2H5NO.C2H6/c1-20-18-31-34-19-27(33-30(35)22-8-5-4-6-9-22)21(2)29(34)28(20)32-23-12-14-26(15-13-23)37-25-11-7-10-24(36-3)16-17-25;1-3-2-4;1-2/h4-15,17-19,32H,16H2,1-3H3,(H,33,35);2H,1H3,(H,3,4);1-2H3. The maximum absolute atomic E-state index is 12.7. The molecule has 1 aliphatic rings. The predicted octanol–water partition coefficient (Wildman–Crippen LogP) is 7.09. The molecule has 0 saturated heterocycles. The van der Waals surface area contributed by atoms with Crippen LogP contribution in [0.1, 0.15) is 41.8 Å². The molecule has 2 aromatic carbocycles. The molecule has 2 amide bonds. The molecule has 9 nitrogen and oxygen atoms in total. The molecule has 1 aliphatic carbocycles. The van der Waals surface area contributed by atoms with Gasteiger partial charge in [-0.25, -0.2) is 4.52 Å². The van der Waals surface area contributed by atoms with Crippen LogP contribution in [0.5, 0.6) is 5.75 Å². The van der Waals surface area contributed by atoms with Crippen LogP contribution in [-0.4, -0.2) is 36.1 Å². The number of aryl methyl sites for hydroxylation is 2. The molecule has 224 valence electrons. The van der Waals surface area contributed by atoms with Gasteiger partial charge in [0.2, 0.25) is 6.41 Å². The topological polar surface area (TPSA) is 106 Å². The number of methoxy groups -OCH3 is 1. The van der Waals surface area contributed by atoms with Gasteiger partial charge < -0.3 is 25.4 Å². The van der Waals surface area contributed by atoms with E-state index in [1.807, 2.05) is 107 Å². The number of fused-ring (bicyclic) bond motifs is 1. The SMILES string of the molecule is CC.CNC=O.COC1=CC=CC(Oc2ccc(Nc3c(C)cnn4cc(NC(=O)c5ccccc5)c(C)c34)cc2)=CC1. The molecule has 43 heavy (non-hydrogen) atoms. The van der Waals surface area contributed by atoms with E-state index in [9.17, 15) is 4.79 Å². The number of anilines is 3. The Morgan fingerprint density at radius 3 is 2.40 bits per heavy atom. The number of nitrogens with zero attached hydrogens (tertiary/aromatic N) is 2. The van der Waals surface area contributed by atoms with Gasteiger partial charge in [0.25, 0.3) is 5.91 Å². The van der Waals surface area contributed by atoms with Crippen LogP contribution in [0, 0.1) is 13.8 Å². The van der Waals surface area contributed by atoms with Crippen LogP contribution in [0.15, 0.2) is 103 Å². The highest BCUT2D eigenvalue weighted by Gasteiger charge is 2.16. The summed E-state index contributed by atoms with van der Waals surface area (Å²) in [6, 6.07) is 17.0.